The summed E-state index contributed by atoms with van der Waals surface area (Å²) in [4.78, 5) is 10.5. The van der Waals surface area contributed by atoms with Crippen molar-refractivity contribution in [1.82, 2.24) is 0 Å². The van der Waals surface area contributed by atoms with Crippen LogP contribution >= 0.6 is 0 Å². The van der Waals surface area contributed by atoms with E-state index < -0.39 is 5.97 Å². The van der Waals surface area contributed by atoms with Crippen molar-refractivity contribution in [3.8, 4) is 0 Å². The topological polar surface area (TPSA) is 58.6 Å². The summed E-state index contributed by atoms with van der Waals surface area (Å²) < 4.78 is 5.00. The lowest BCUT2D eigenvalue weighted by Gasteiger charge is -2.13. The lowest BCUT2D eigenvalue weighted by molar-refractivity contribution is -0.137. The third-order valence-corrected chi connectivity index (χ3v) is 2.16. The molecule has 1 atom stereocenters. The van der Waals surface area contributed by atoms with Gasteiger partial charge in [-0.1, -0.05) is 12.1 Å². The van der Waals surface area contributed by atoms with E-state index >= 15 is 0 Å². The van der Waals surface area contributed by atoms with E-state index in [0.717, 1.165) is 11.3 Å². The fourth-order valence-electron chi connectivity index (χ4n) is 1.46. The average Bonchev–Trinajstić information content (AvgIpc) is 2.20. The third-order valence-electron chi connectivity index (χ3n) is 2.16. The Labute approximate surface area is 95.2 Å². The molecule has 0 aliphatic heterocycles. The summed E-state index contributed by atoms with van der Waals surface area (Å²) >= 11 is 0. The first-order valence-corrected chi connectivity index (χ1v) is 5.18. The zero-order chi connectivity index (χ0) is 12.0. The van der Waals surface area contributed by atoms with E-state index in [-0.39, 0.29) is 12.5 Å². The average molecular weight is 223 g/mol. The number of nitrogens with one attached hydrogen (secondary N) is 1. The molecule has 1 aromatic carbocycles. The summed E-state index contributed by atoms with van der Waals surface area (Å²) in [5.41, 5.74) is 2.02. The first-order valence-electron chi connectivity index (χ1n) is 5.18. The molecule has 0 amide bonds. The zero-order valence-corrected chi connectivity index (χ0v) is 9.56. The molecule has 2 N–H and O–H groups in total. The van der Waals surface area contributed by atoms with Gasteiger partial charge in [0.2, 0.25) is 0 Å². The van der Waals surface area contributed by atoms with Crippen molar-refractivity contribution in [2.75, 3.05) is 12.4 Å². The largest absolute Gasteiger partial charge is 0.481 e. The fourth-order valence-corrected chi connectivity index (χ4v) is 1.46. The smallest absolute Gasteiger partial charge is 0.305 e. The maximum Gasteiger partial charge on any atom is 0.305 e. The summed E-state index contributed by atoms with van der Waals surface area (Å²) in [6.45, 7) is 2.43. The molecule has 16 heavy (non-hydrogen) atoms. The maximum atomic E-state index is 10.5. The molecule has 0 saturated heterocycles. The van der Waals surface area contributed by atoms with Gasteiger partial charge in [-0.3, -0.25) is 4.79 Å². The summed E-state index contributed by atoms with van der Waals surface area (Å²) in [7, 11) is 1.65. The Kier molecular flexibility index (Phi) is 4.79. The zero-order valence-electron chi connectivity index (χ0n) is 9.56. The second-order valence-corrected chi connectivity index (χ2v) is 3.77. The van der Waals surface area contributed by atoms with Crippen LogP contribution in [0.5, 0.6) is 0 Å². The number of hydrogen-bond acceptors (Lipinski definition) is 3. The standard InChI is InChI=1S/C12H17NO3/c1-9(7-12(14)15)13-11-5-3-10(4-6-11)8-16-2/h3-6,9,13H,7-8H2,1-2H3,(H,14,15)/t9-/m1/s1. The van der Waals surface area contributed by atoms with Crippen molar-refractivity contribution in [3.63, 3.8) is 0 Å². The van der Waals surface area contributed by atoms with Gasteiger partial charge in [0.25, 0.3) is 0 Å². The van der Waals surface area contributed by atoms with Crippen LogP contribution in [0.1, 0.15) is 18.9 Å². The Morgan fingerprint density at radius 3 is 2.56 bits per heavy atom. The second-order valence-electron chi connectivity index (χ2n) is 3.77. The van der Waals surface area contributed by atoms with Gasteiger partial charge in [-0.25, -0.2) is 0 Å². The molecule has 0 saturated carbocycles. The van der Waals surface area contributed by atoms with Crippen LogP contribution in [-0.4, -0.2) is 24.2 Å². The van der Waals surface area contributed by atoms with E-state index in [1.165, 1.54) is 0 Å². The first-order chi connectivity index (χ1) is 7.61. The van der Waals surface area contributed by atoms with Crippen LogP contribution in [0, 0.1) is 0 Å². The number of carbonyl (C=O) groups is 1. The molecule has 0 unspecified atom stereocenters. The molecule has 88 valence electrons. The van der Waals surface area contributed by atoms with Gasteiger partial charge in [-0.15, -0.1) is 0 Å². The molecular formula is C12H17NO3. The Hall–Kier alpha value is -1.55. The lowest BCUT2D eigenvalue weighted by atomic mass is 10.2. The van der Waals surface area contributed by atoms with Gasteiger partial charge in [0.15, 0.2) is 0 Å². The van der Waals surface area contributed by atoms with Crippen LogP contribution in [0.15, 0.2) is 24.3 Å². The predicted molar refractivity (Wildman–Crippen MR) is 62.5 cm³/mol. The Balaban J connectivity index is 2.51. The van der Waals surface area contributed by atoms with E-state index in [0.29, 0.717) is 6.61 Å². The molecule has 1 rings (SSSR count). The molecule has 0 fully saturated rings. The van der Waals surface area contributed by atoms with Crippen LogP contribution in [0.2, 0.25) is 0 Å². The van der Waals surface area contributed by atoms with E-state index in [9.17, 15) is 4.79 Å². The molecule has 0 spiro atoms. The van der Waals surface area contributed by atoms with E-state index in [1.807, 2.05) is 31.2 Å². The van der Waals surface area contributed by atoms with E-state index in [1.54, 1.807) is 7.11 Å². The number of hydrogen-bond donors (Lipinski definition) is 2. The molecule has 0 radical (unpaired) electrons. The quantitative estimate of drug-likeness (QED) is 0.775. The lowest BCUT2D eigenvalue weighted by Crippen LogP contribution is -2.19. The highest BCUT2D eigenvalue weighted by atomic mass is 16.5. The minimum Gasteiger partial charge on any atom is -0.481 e. The van der Waals surface area contributed by atoms with Crippen molar-refractivity contribution in [3.05, 3.63) is 29.8 Å². The van der Waals surface area contributed by atoms with Crippen molar-refractivity contribution in [2.45, 2.75) is 26.0 Å². The molecule has 0 aliphatic carbocycles. The number of benzene rings is 1. The van der Waals surface area contributed by atoms with Crippen LogP contribution in [0.3, 0.4) is 0 Å². The summed E-state index contributed by atoms with van der Waals surface area (Å²) in [6.07, 6.45) is 0.111. The van der Waals surface area contributed by atoms with Gasteiger partial charge in [0, 0.05) is 18.8 Å². The summed E-state index contributed by atoms with van der Waals surface area (Å²) in [6, 6.07) is 7.68. The highest BCUT2D eigenvalue weighted by Crippen LogP contribution is 2.12. The van der Waals surface area contributed by atoms with Crippen LogP contribution < -0.4 is 5.32 Å². The predicted octanol–water partition coefficient (Wildman–Crippen LogP) is 2.11. The van der Waals surface area contributed by atoms with Crippen LogP contribution in [0.25, 0.3) is 0 Å². The molecule has 0 aliphatic rings. The van der Waals surface area contributed by atoms with Gasteiger partial charge in [0.05, 0.1) is 13.0 Å². The van der Waals surface area contributed by atoms with Gasteiger partial charge in [0.1, 0.15) is 0 Å². The fraction of sp³-hybridized carbons (Fsp3) is 0.417. The van der Waals surface area contributed by atoms with Gasteiger partial charge >= 0.3 is 5.97 Å². The molecule has 4 nitrogen and oxygen atoms in total. The third kappa shape index (κ3) is 4.31. The second kappa shape index (κ2) is 6.12. The normalized spacial score (nSPS) is 12.1. The molecule has 1 aromatic rings. The minimum atomic E-state index is -0.795. The van der Waals surface area contributed by atoms with Crippen molar-refractivity contribution in [2.24, 2.45) is 0 Å². The van der Waals surface area contributed by atoms with Gasteiger partial charge in [-0.05, 0) is 24.6 Å². The Morgan fingerprint density at radius 2 is 2.06 bits per heavy atom. The molecule has 0 aromatic heterocycles. The van der Waals surface area contributed by atoms with Crippen molar-refractivity contribution in [1.29, 1.82) is 0 Å². The highest BCUT2D eigenvalue weighted by molar-refractivity contribution is 5.68. The number of carboxylic acids is 1. The minimum absolute atomic E-state index is 0.0780. The Morgan fingerprint density at radius 1 is 1.44 bits per heavy atom. The number of ether oxygens (including phenoxy) is 1. The molecule has 0 heterocycles. The van der Waals surface area contributed by atoms with E-state index in [4.69, 9.17) is 9.84 Å². The molecular weight excluding hydrogens is 206 g/mol. The SMILES string of the molecule is COCc1ccc(N[C@H](C)CC(=O)O)cc1. The van der Waals surface area contributed by atoms with Crippen molar-refractivity contribution < 1.29 is 14.6 Å². The van der Waals surface area contributed by atoms with Crippen LogP contribution in [-0.2, 0) is 16.1 Å². The number of anilines is 1. The van der Waals surface area contributed by atoms with Gasteiger partial charge in [-0.2, -0.15) is 0 Å². The number of rotatable bonds is 6. The first kappa shape index (κ1) is 12.5. The summed E-state index contributed by atoms with van der Waals surface area (Å²) in [5, 5.41) is 11.7. The summed E-state index contributed by atoms with van der Waals surface area (Å²) in [5.74, 6) is -0.795. The molecule has 0 bridgehead atoms. The number of carboxylic acid groups (broad SMARTS) is 1. The van der Waals surface area contributed by atoms with Gasteiger partial charge < -0.3 is 15.2 Å². The maximum absolute atomic E-state index is 10.5. The van der Waals surface area contributed by atoms with Crippen LogP contribution in [0.4, 0.5) is 5.69 Å². The molecule has 4 heteroatoms. The monoisotopic (exact) mass is 223 g/mol. The highest BCUT2D eigenvalue weighted by Gasteiger charge is 2.06. The number of methoxy groups -OCH3 is 1. The van der Waals surface area contributed by atoms with E-state index in [2.05, 4.69) is 5.32 Å². The number of aliphatic carboxylic acids is 1. The van der Waals surface area contributed by atoms with Crippen molar-refractivity contribution >= 4 is 11.7 Å². The Bertz CT molecular complexity index is 335.